The van der Waals surface area contributed by atoms with Crippen molar-refractivity contribution >= 4 is 16.9 Å². The smallest absolute Gasteiger partial charge is 0.287 e. The molecule has 26 heavy (non-hydrogen) atoms. The van der Waals surface area contributed by atoms with Gasteiger partial charge in [0.15, 0.2) is 11.2 Å². The Labute approximate surface area is 148 Å². The average Bonchev–Trinajstić information content (AvgIpc) is 3.16. The Hall–Kier alpha value is -3.67. The number of fused-ring (bicyclic) bond motifs is 1. The second kappa shape index (κ2) is 6.68. The van der Waals surface area contributed by atoms with Crippen LogP contribution in [0.4, 0.5) is 0 Å². The first-order chi connectivity index (χ1) is 12.7. The molecule has 2 aromatic heterocycles. The largest absolute Gasteiger partial charge is 0.451 e. The van der Waals surface area contributed by atoms with Crippen molar-refractivity contribution in [3.05, 3.63) is 88.7 Å². The molecule has 0 saturated heterocycles. The zero-order valence-corrected chi connectivity index (χ0v) is 13.7. The van der Waals surface area contributed by atoms with E-state index in [0.717, 1.165) is 11.3 Å². The minimum Gasteiger partial charge on any atom is -0.451 e. The van der Waals surface area contributed by atoms with Gasteiger partial charge in [0.25, 0.3) is 5.91 Å². The van der Waals surface area contributed by atoms with Gasteiger partial charge < -0.3 is 14.7 Å². The van der Waals surface area contributed by atoms with Gasteiger partial charge in [-0.25, -0.2) is 4.98 Å². The molecule has 6 heteroatoms. The van der Waals surface area contributed by atoms with Gasteiger partial charge in [-0.2, -0.15) is 0 Å². The van der Waals surface area contributed by atoms with Crippen LogP contribution >= 0.6 is 0 Å². The second-order valence-corrected chi connectivity index (χ2v) is 5.76. The van der Waals surface area contributed by atoms with E-state index in [9.17, 15) is 9.59 Å². The number of nitrogens with zero attached hydrogens (tertiary/aromatic N) is 1. The van der Waals surface area contributed by atoms with Crippen molar-refractivity contribution in [2.45, 2.75) is 6.54 Å². The minimum absolute atomic E-state index is 0.0245. The summed E-state index contributed by atoms with van der Waals surface area (Å²) < 4.78 is 5.52. The van der Waals surface area contributed by atoms with Crippen LogP contribution < -0.4 is 10.7 Å². The number of benzene rings is 2. The first kappa shape index (κ1) is 15.8. The molecule has 4 aromatic rings. The lowest BCUT2D eigenvalue weighted by molar-refractivity contribution is 0.0922. The van der Waals surface area contributed by atoms with Crippen LogP contribution in [0.25, 0.3) is 22.2 Å². The summed E-state index contributed by atoms with van der Waals surface area (Å²) in [6.45, 7) is 0.197. The second-order valence-electron chi connectivity index (χ2n) is 5.76. The summed E-state index contributed by atoms with van der Waals surface area (Å²) in [5, 5.41) is 3.15. The molecule has 0 saturated carbocycles. The molecule has 0 aliphatic rings. The van der Waals surface area contributed by atoms with Crippen LogP contribution in [0.3, 0.4) is 0 Å². The number of rotatable bonds is 4. The Bertz CT molecular complexity index is 1130. The summed E-state index contributed by atoms with van der Waals surface area (Å²) in [7, 11) is 0. The van der Waals surface area contributed by atoms with Gasteiger partial charge in [-0.3, -0.25) is 9.59 Å². The molecule has 0 unspecified atom stereocenters. The SMILES string of the molecule is O=C(NCc1ncc(-c2ccccc2)[nH]1)c1cc(=O)c2ccccc2o1. The number of carbonyl (C=O) groups excluding carboxylic acids is 1. The Morgan fingerprint density at radius 1 is 1.08 bits per heavy atom. The summed E-state index contributed by atoms with van der Waals surface area (Å²) in [6.07, 6.45) is 1.72. The van der Waals surface area contributed by atoms with E-state index in [0.29, 0.717) is 16.8 Å². The van der Waals surface area contributed by atoms with E-state index in [1.54, 1.807) is 30.5 Å². The lowest BCUT2D eigenvalue weighted by atomic mass is 10.2. The fourth-order valence-corrected chi connectivity index (χ4v) is 2.68. The molecule has 1 amide bonds. The zero-order chi connectivity index (χ0) is 17.9. The molecule has 0 aliphatic carbocycles. The topological polar surface area (TPSA) is 88.0 Å². The molecule has 2 aromatic carbocycles. The van der Waals surface area contributed by atoms with Crippen molar-refractivity contribution in [3.8, 4) is 11.3 Å². The zero-order valence-electron chi connectivity index (χ0n) is 13.7. The summed E-state index contributed by atoms with van der Waals surface area (Å²) in [5.41, 5.74) is 2.01. The van der Waals surface area contributed by atoms with E-state index in [1.807, 2.05) is 30.3 Å². The Morgan fingerprint density at radius 2 is 1.85 bits per heavy atom. The van der Waals surface area contributed by atoms with Crippen molar-refractivity contribution in [1.82, 2.24) is 15.3 Å². The molecule has 0 fully saturated rings. The predicted octanol–water partition coefficient (Wildman–Crippen LogP) is 3.11. The maximum Gasteiger partial charge on any atom is 0.287 e. The van der Waals surface area contributed by atoms with Crippen molar-refractivity contribution in [3.63, 3.8) is 0 Å². The van der Waals surface area contributed by atoms with Crippen molar-refractivity contribution < 1.29 is 9.21 Å². The molecule has 0 spiro atoms. The molecule has 0 bridgehead atoms. The average molecular weight is 345 g/mol. The van der Waals surface area contributed by atoms with Crippen molar-refractivity contribution in [1.29, 1.82) is 0 Å². The predicted molar refractivity (Wildman–Crippen MR) is 97.7 cm³/mol. The third kappa shape index (κ3) is 3.12. The van der Waals surface area contributed by atoms with Gasteiger partial charge in [0.05, 0.1) is 23.8 Å². The molecular weight excluding hydrogens is 330 g/mol. The monoisotopic (exact) mass is 345 g/mol. The minimum atomic E-state index is -0.467. The number of aromatic amines is 1. The molecule has 0 atom stereocenters. The van der Waals surface area contributed by atoms with Gasteiger partial charge in [0.1, 0.15) is 11.4 Å². The van der Waals surface area contributed by atoms with E-state index in [4.69, 9.17) is 4.42 Å². The number of H-pyrrole nitrogens is 1. The Morgan fingerprint density at radius 3 is 2.69 bits per heavy atom. The fourth-order valence-electron chi connectivity index (χ4n) is 2.68. The normalized spacial score (nSPS) is 10.8. The van der Waals surface area contributed by atoms with E-state index in [2.05, 4.69) is 15.3 Å². The first-order valence-corrected chi connectivity index (χ1v) is 8.11. The van der Waals surface area contributed by atoms with Crippen LogP contribution in [0.2, 0.25) is 0 Å². The van der Waals surface area contributed by atoms with E-state index in [1.165, 1.54) is 6.07 Å². The molecule has 4 rings (SSSR count). The van der Waals surface area contributed by atoms with Crippen LogP contribution in [0, 0.1) is 0 Å². The number of nitrogens with one attached hydrogen (secondary N) is 2. The summed E-state index contributed by atoms with van der Waals surface area (Å²) in [4.78, 5) is 31.8. The van der Waals surface area contributed by atoms with E-state index in [-0.39, 0.29) is 17.7 Å². The van der Waals surface area contributed by atoms with Gasteiger partial charge in [0.2, 0.25) is 0 Å². The van der Waals surface area contributed by atoms with Gasteiger partial charge in [-0.05, 0) is 17.7 Å². The summed E-state index contributed by atoms with van der Waals surface area (Å²) in [5.74, 6) is 0.120. The molecule has 0 radical (unpaired) electrons. The maximum absolute atomic E-state index is 12.3. The quantitative estimate of drug-likeness (QED) is 0.595. The number of carbonyl (C=O) groups is 1. The number of para-hydroxylation sites is 1. The molecule has 0 aliphatic heterocycles. The van der Waals surface area contributed by atoms with Crippen LogP contribution in [-0.4, -0.2) is 15.9 Å². The van der Waals surface area contributed by atoms with Crippen LogP contribution in [0.5, 0.6) is 0 Å². The number of hydrogen-bond donors (Lipinski definition) is 2. The van der Waals surface area contributed by atoms with Crippen molar-refractivity contribution in [2.24, 2.45) is 0 Å². The van der Waals surface area contributed by atoms with Crippen LogP contribution in [0.15, 0.2) is 76.1 Å². The number of imidazole rings is 1. The van der Waals surface area contributed by atoms with E-state index < -0.39 is 5.91 Å². The molecule has 2 N–H and O–H groups in total. The molecule has 6 nitrogen and oxygen atoms in total. The van der Waals surface area contributed by atoms with Gasteiger partial charge >= 0.3 is 0 Å². The number of aromatic nitrogens is 2. The molecule has 2 heterocycles. The Kier molecular flexibility index (Phi) is 4.07. The van der Waals surface area contributed by atoms with Gasteiger partial charge in [0, 0.05) is 6.07 Å². The number of amides is 1. The first-order valence-electron chi connectivity index (χ1n) is 8.11. The summed E-state index contributed by atoms with van der Waals surface area (Å²) >= 11 is 0. The highest BCUT2D eigenvalue weighted by atomic mass is 16.3. The van der Waals surface area contributed by atoms with Gasteiger partial charge in [-0.15, -0.1) is 0 Å². The van der Waals surface area contributed by atoms with Crippen LogP contribution in [-0.2, 0) is 6.54 Å². The standard InChI is InChI=1S/C20H15N3O3/c24-16-10-18(26-17-9-5-4-8-14(16)17)20(25)22-12-19-21-11-15(23-19)13-6-2-1-3-7-13/h1-11H,12H2,(H,21,23)(H,22,25). The Balaban J connectivity index is 1.49. The van der Waals surface area contributed by atoms with Crippen molar-refractivity contribution in [2.75, 3.05) is 0 Å². The highest BCUT2D eigenvalue weighted by Crippen LogP contribution is 2.16. The van der Waals surface area contributed by atoms with Crippen LogP contribution in [0.1, 0.15) is 16.4 Å². The number of hydrogen-bond acceptors (Lipinski definition) is 4. The summed E-state index contributed by atoms with van der Waals surface area (Å²) in [6, 6.07) is 17.8. The third-order valence-corrected chi connectivity index (χ3v) is 3.99. The fraction of sp³-hybridized carbons (Fsp3) is 0.0500. The lowest BCUT2D eigenvalue weighted by Gasteiger charge is -2.04. The molecule has 128 valence electrons. The lowest BCUT2D eigenvalue weighted by Crippen LogP contribution is -2.24. The van der Waals surface area contributed by atoms with E-state index >= 15 is 0 Å². The van der Waals surface area contributed by atoms with Gasteiger partial charge in [-0.1, -0.05) is 42.5 Å². The molecular formula is C20H15N3O3. The highest BCUT2D eigenvalue weighted by molar-refractivity contribution is 5.93. The maximum atomic E-state index is 12.3. The highest BCUT2D eigenvalue weighted by Gasteiger charge is 2.12. The third-order valence-electron chi connectivity index (χ3n) is 3.99.